The summed E-state index contributed by atoms with van der Waals surface area (Å²) >= 11 is 0. The summed E-state index contributed by atoms with van der Waals surface area (Å²) < 4.78 is 10.9. The van der Waals surface area contributed by atoms with E-state index in [-0.39, 0.29) is 12.4 Å². The van der Waals surface area contributed by atoms with Gasteiger partial charge in [-0.15, -0.1) is 0 Å². The molecule has 0 aliphatic rings. The number of hydrogen-bond acceptors (Lipinski definition) is 3. The molecule has 3 aromatic rings. The van der Waals surface area contributed by atoms with Crippen LogP contribution in [0.1, 0.15) is 17.3 Å². The molecule has 4 nitrogen and oxygen atoms in total. The van der Waals surface area contributed by atoms with Crippen molar-refractivity contribution < 1.29 is 19.1 Å². The standard InChI is InChI=1S/C17H13O4/c1-2-20-17(19)15-13-10-12(18)8-9-14(13)21-16(15)11-6-4-3-5-7-11/h3-10H,2H2,1H3. The van der Waals surface area contributed by atoms with Crippen LogP contribution in [0.25, 0.3) is 22.3 Å². The number of ether oxygens (including phenoxy) is 1. The molecule has 0 aliphatic carbocycles. The fourth-order valence-corrected chi connectivity index (χ4v) is 2.28. The molecule has 2 aromatic carbocycles. The number of hydrogen-bond donors (Lipinski definition) is 0. The van der Waals surface area contributed by atoms with Gasteiger partial charge in [-0.1, -0.05) is 30.3 Å². The molecule has 0 aliphatic heterocycles. The smallest absolute Gasteiger partial charge is 0.342 e. The van der Waals surface area contributed by atoms with Crippen LogP contribution in [0, 0.1) is 0 Å². The van der Waals surface area contributed by atoms with E-state index in [1.54, 1.807) is 13.0 Å². The molecule has 105 valence electrons. The molecular weight excluding hydrogens is 268 g/mol. The molecule has 4 heteroatoms. The molecule has 21 heavy (non-hydrogen) atoms. The van der Waals surface area contributed by atoms with Crippen molar-refractivity contribution in [2.45, 2.75) is 6.92 Å². The van der Waals surface area contributed by atoms with Crippen molar-refractivity contribution in [2.24, 2.45) is 0 Å². The third-order valence-corrected chi connectivity index (χ3v) is 3.17. The van der Waals surface area contributed by atoms with E-state index < -0.39 is 5.97 Å². The Hall–Kier alpha value is -2.75. The molecule has 0 atom stereocenters. The molecule has 1 radical (unpaired) electrons. The van der Waals surface area contributed by atoms with E-state index >= 15 is 0 Å². The van der Waals surface area contributed by atoms with Gasteiger partial charge >= 0.3 is 5.97 Å². The van der Waals surface area contributed by atoms with Crippen molar-refractivity contribution >= 4 is 16.9 Å². The number of furan rings is 1. The Balaban J connectivity index is 2.28. The second-order valence-corrected chi connectivity index (χ2v) is 4.55. The minimum atomic E-state index is -0.485. The summed E-state index contributed by atoms with van der Waals surface area (Å²) in [6.45, 7) is 2.00. The summed E-state index contributed by atoms with van der Waals surface area (Å²) in [4.78, 5) is 12.2. The van der Waals surface area contributed by atoms with Crippen LogP contribution in [-0.4, -0.2) is 12.6 Å². The lowest BCUT2D eigenvalue weighted by atomic mass is 10.1. The van der Waals surface area contributed by atoms with Gasteiger partial charge < -0.3 is 9.15 Å². The number of carbonyl (C=O) groups excluding carboxylic acids is 1. The predicted molar refractivity (Wildman–Crippen MR) is 77.7 cm³/mol. The summed E-state index contributed by atoms with van der Waals surface area (Å²) in [6, 6.07) is 13.7. The van der Waals surface area contributed by atoms with Gasteiger partial charge in [0.1, 0.15) is 16.9 Å². The third kappa shape index (κ3) is 2.36. The average Bonchev–Trinajstić information content (AvgIpc) is 2.87. The SMILES string of the molecule is CCOC(=O)c1c(-c2ccccc2)oc2ccc([O])cc12. The highest BCUT2D eigenvalue weighted by Gasteiger charge is 2.23. The van der Waals surface area contributed by atoms with Gasteiger partial charge in [-0.05, 0) is 25.1 Å². The van der Waals surface area contributed by atoms with Gasteiger partial charge in [-0.25, -0.2) is 4.79 Å². The zero-order valence-electron chi connectivity index (χ0n) is 11.5. The number of fused-ring (bicyclic) bond motifs is 1. The van der Waals surface area contributed by atoms with E-state index in [4.69, 9.17) is 9.15 Å². The largest absolute Gasteiger partial charge is 0.462 e. The molecule has 0 bridgehead atoms. The molecule has 1 aromatic heterocycles. The minimum absolute atomic E-state index is 0.173. The highest BCUT2D eigenvalue weighted by Crippen LogP contribution is 2.35. The molecule has 0 amide bonds. The zero-order valence-corrected chi connectivity index (χ0v) is 11.5. The Labute approximate surface area is 121 Å². The van der Waals surface area contributed by atoms with Gasteiger partial charge in [0, 0.05) is 10.9 Å². The number of benzene rings is 2. The summed E-state index contributed by atoms with van der Waals surface area (Å²) in [6.07, 6.45) is 0. The van der Waals surface area contributed by atoms with E-state index in [9.17, 15) is 9.90 Å². The van der Waals surface area contributed by atoms with Gasteiger partial charge in [0.25, 0.3) is 0 Å². The van der Waals surface area contributed by atoms with Gasteiger partial charge in [0.2, 0.25) is 0 Å². The number of esters is 1. The lowest BCUT2D eigenvalue weighted by Crippen LogP contribution is -2.05. The van der Waals surface area contributed by atoms with Crippen LogP contribution in [0.2, 0.25) is 0 Å². The Morgan fingerprint density at radius 3 is 2.62 bits per heavy atom. The topological polar surface area (TPSA) is 59.3 Å². The molecule has 0 fully saturated rings. The predicted octanol–water partition coefficient (Wildman–Crippen LogP) is 4.42. The van der Waals surface area contributed by atoms with Crippen LogP contribution in [0.15, 0.2) is 52.9 Å². The first-order valence-electron chi connectivity index (χ1n) is 6.67. The summed E-state index contributed by atoms with van der Waals surface area (Å²) in [5.41, 5.74) is 1.57. The van der Waals surface area contributed by atoms with E-state index in [0.29, 0.717) is 22.3 Å². The molecular formula is C17H13O4. The maximum absolute atomic E-state index is 12.2. The summed E-state index contributed by atoms with van der Waals surface area (Å²) in [5.74, 6) is -0.233. The average molecular weight is 281 g/mol. The molecule has 0 saturated carbocycles. The van der Waals surface area contributed by atoms with Gasteiger partial charge in [-0.2, -0.15) is 0 Å². The van der Waals surface area contributed by atoms with Crippen molar-refractivity contribution in [1.82, 2.24) is 0 Å². The minimum Gasteiger partial charge on any atom is -0.462 e. The monoisotopic (exact) mass is 281 g/mol. The quantitative estimate of drug-likeness (QED) is 0.668. The lowest BCUT2D eigenvalue weighted by molar-refractivity contribution is 0.0529. The molecule has 1 heterocycles. The first-order valence-corrected chi connectivity index (χ1v) is 6.67. The maximum Gasteiger partial charge on any atom is 0.342 e. The maximum atomic E-state index is 12.2. The lowest BCUT2D eigenvalue weighted by Gasteiger charge is -2.03. The highest BCUT2D eigenvalue weighted by molar-refractivity contribution is 6.09. The Morgan fingerprint density at radius 1 is 1.14 bits per heavy atom. The van der Waals surface area contributed by atoms with Crippen LogP contribution >= 0.6 is 0 Å². The molecule has 0 N–H and O–H groups in total. The van der Waals surface area contributed by atoms with E-state index in [1.165, 1.54) is 12.1 Å². The van der Waals surface area contributed by atoms with E-state index in [2.05, 4.69) is 0 Å². The van der Waals surface area contributed by atoms with E-state index in [1.807, 2.05) is 30.3 Å². The van der Waals surface area contributed by atoms with Crippen LogP contribution in [0.4, 0.5) is 0 Å². The molecule has 0 spiro atoms. The van der Waals surface area contributed by atoms with Gasteiger partial charge in [0.15, 0.2) is 5.75 Å². The summed E-state index contributed by atoms with van der Waals surface area (Å²) in [5, 5.41) is 12.1. The van der Waals surface area contributed by atoms with Gasteiger partial charge in [0.05, 0.1) is 6.61 Å². The Kier molecular flexibility index (Phi) is 3.36. The molecule has 0 unspecified atom stereocenters. The second kappa shape index (κ2) is 5.32. The van der Waals surface area contributed by atoms with Crippen LogP contribution in [0.5, 0.6) is 5.75 Å². The Bertz CT molecular complexity index is 787. The second-order valence-electron chi connectivity index (χ2n) is 4.55. The first-order chi connectivity index (χ1) is 10.2. The highest BCUT2D eigenvalue weighted by atomic mass is 16.5. The fourth-order valence-electron chi connectivity index (χ4n) is 2.28. The Morgan fingerprint density at radius 2 is 1.90 bits per heavy atom. The van der Waals surface area contributed by atoms with Gasteiger partial charge in [-0.3, -0.25) is 5.11 Å². The number of rotatable bonds is 3. The zero-order chi connectivity index (χ0) is 14.8. The van der Waals surface area contributed by atoms with Crippen molar-refractivity contribution in [1.29, 1.82) is 0 Å². The van der Waals surface area contributed by atoms with Crippen molar-refractivity contribution in [3.63, 3.8) is 0 Å². The van der Waals surface area contributed by atoms with Crippen molar-refractivity contribution in [2.75, 3.05) is 6.61 Å². The van der Waals surface area contributed by atoms with E-state index in [0.717, 1.165) is 5.56 Å². The van der Waals surface area contributed by atoms with Crippen LogP contribution in [0.3, 0.4) is 0 Å². The third-order valence-electron chi connectivity index (χ3n) is 3.17. The molecule has 3 rings (SSSR count). The van der Waals surface area contributed by atoms with Crippen molar-refractivity contribution in [3.8, 4) is 17.1 Å². The number of carbonyl (C=O) groups is 1. The fraction of sp³-hybridized carbons (Fsp3) is 0.118. The van der Waals surface area contributed by atoms with Crippen LogP contribution in [-0.2, 0) is 9.84 Å². The first kappa shape index (κ1) is 13.2. The summed E-state index contributed by atoms with van der Waals surface area (Å²) in [7, 11) is 0. The molecule has 0 saturated heterocycles. The van der Waals surface area contributed by atoms with Crippen molar-refractivity contribution in [3.05, 3.63) is 54.1 Å². The van der Waals surface area contributed by atoms with Crippen LogP contribution < -0.4 is 0 Å². The normalized spacial score (nSPS) is 10.7.